The number of ether oxygens (including phenoxy) is 1. The maximum Gasteiger partial charge on any atom is 0.223 e. The van der Waals surface area contributed by atoms with Gasteiger partial charge >= 0.3 is 0 Å². The second-order valence-corrected chi connectivity index (χ2v) is 8.25. The molecule has 1 aliphatic rings. The summed E-state index contributed by atoms with van der Waals surface area (Å²) in [5, 5.41) is 0. The number of hydrogen-bond acceptors (Lipinski definition) is 3. The number of para-hydroxylation sites is 2. The fourth-order valence-electron chi connectivity index (χ4n) is 4.28. The second kappa shape index (κ2) is 8.90. The van der Waals surface area contributed by atoms with Crippen LogP contribution >= 0.6 is 0 Å². The molecule has 158 valence electrons. The van der Waals surface area contributed by atoms with Crippen molar-refractivity contribution in [2.24, 2.45) is 0 Å². The Kier molecular flexibility index (Phi) is 6.07. The van der Waals surface area contributed by atoms with Gasteiger partial charge < -0.3 is 14.2 Å². The van der Waals surface area contributed by atoms with E-state index < -0.39 is 0 Å². The quantitative estimate of drug-likeness (QED) is 0.538. The van der Waals surface area contributed by atoms with Crippen LogP contribution in [0.25, 0.3) is 11.0 Å². The zero-order chi connectivity index (χ0) is 21.1. The number of carbonyl (C=O) groups is 1. The van der Waals surface area contributed by atoms with Crippen molar-refractivity contribution in [3.8, 4) is 5.75 Å². The van der Waals surface area contributed by atoms with Crippen LogP contribution in [0.2, 0.25) is 0 Å². The molecule has 1 aromatic heterocycles. The highest BCUT2D eigenvalue weighted by molar-refractivity contribution is 5.80. The number of aromatic nitrogens is 2. The molecule has 1 saturated heterocycles. The fraction of sp³-hybridized carbons (Fsp3) is 0.440. The summed E-state index contributed by atoms with van der Waals surface area (Å²) >= 11 is 0. The number of rotatable bonds is 8. The molecule has 1 fully saturated rings. The van der Waals surface area contributed by atoms with Crippen molar-refractivity contribution in [1.29, 1.82) is 0 Å². The average Bonchev–Trinajstić information content (AvgIpc) is 3.30. The first-order valence-electron chi connectivity index (χ1n) is 11.0. The van der Waals surface area contributed by atoms with E-state index in [1.807, 2.05) is 35.2 Å². The Hall–Kier alpha value is -2.82. The van der Waals surface area contributed by atoms with Gasteiger partial charge in [0.1, 0.15) is 18.2 Å². The Morgan fingerprint density at radius 1 is 1.10 bits per heavy atom. The molecule has 0 saturated carbocycles. The van der Waals surface area contributed by atoms with Gasteiger partial charge in [0.15, 0.2) is 0 Å². The van der Waals surface area contributed by atoms with Crippen LogP contribution in [0.5, 0.6) is 5.75 Å². The van der Waals surface area contributed by atoms with Crippen LogP contribution in [0.3, 0.4) is 0 Å². The summed E-state index contributed by atoms with van der Waals surface area (Å²) in [5.41, 5.74) is 4.51. The largest absolute Gasteiger partial charge is 0.491 e. The molecule has 0 unspecified atom stereocenters. The van der Waals surface area contributed by atoms with Crippen LogP contribution in [-0.2, 0) is 11.3 Å². The Balaban J connectivity index is 1.55. The van der Waals surface area contributed by atoms with Crippen molar-refractivity contribution >= 4 is 16.9 Å². The SMILES string of the molecule is CCCCN1C[C@@H](c2nc3ccccc3n2CCOc2cccc(C)c2C)CC1=O. The van der Waals surface area contributed by atoms with Gasteiger partial charge in [-0.05, 0) is 49.6 Å². The summed E-state index contributed by atoms with van der Waals surface area (Å²) < 4.78 is 8.38. The molecule has 1 atom stereocenters. The molecule has 1 amide bonds. The van der Waals surface area contributed by atoms with Gasteiger partial charge in [-0.3, -0.25) is 4.79 Å². The molecule has 4 rings (SSSR count). The lowest BCUT2D eigenvalue weighted by Gasteiger charge is -2.17. The van der Waals surface area contributed by atoms with Crippen LogP contribution in [-0.4, -0.2) is 40.1 Å². The number of fused-ring (bicyclic) bond motifs is 1. The third kappa shape index (κ3) is 4.07. The molecule has 5 heteroatoms. The van der Waals surface area contributed by atoms with E-state index in [2.05, 4.69) is 37.5 Å². The van der Waals surface area contributed by atoms with Crippen LogP contribution in [0.15, 0.2) is 42.5 Å². The summed E-state index contributed by atoms with van der Waals surface area (Å²) in [4.78, 5) is 19.5. The van der Waals surface area contributed by atoms with Gasteiger partial charge in [0, 0.05) is 25.4 Å². The normalized spacial score (nSPS) is 16.6. The predicted octanol–water partition coefficient (Wildman–Crippen LogP) is 4.85. The molecule has 0 spiro atoms. The molecule has 0 N–H and O–H groups in total. The zero-order valence-electron chi connectivity index (χ0n) is 18.2. The van der Waals surface area contributed by atoms with Crippen molar-refractivity contribution < 1.29 is 9.53 Å². The molecule has 3 aromatic rings. The van der Waals surface area contributed by atoms with Crippen LogP contribution in [0.1, 0.15) is 49.1 Å². The van der Waals surface area contributed by atoms with Gasteiger partial charge in [-0.2, -0.15) is 0 Å². The van der Waals surface area contributed by atoms with Gasteiger partial charge in [-0.15, -0.1) is 0 Å². The highest BCUT2D eigenvalue weighted by atomic mass is 16.5. The standard InChI is InChI=1S/C25H31N3O2/c1-4-5-13-27-17-20(16-24(27)29)25-26-21-10-6-7-11-22(21)28(25)14-15-30-23-12-8-9-18(2)19(23)3/h6-12,20H,4-5,13-17H2,1-3H3/t20-/m0/s1. The third-order valence-electron chi connectivity index (χ3n) is 6.17. The van der Waals surface area contributed by atoms with Gasteiger partial charge in [0.25, 0.3) is 0 Å². The van der Waals surface area contributed by atoms with Crippen molar-refractivity contribution in [3.63, 3.8) is 0 Å². The minimum absolute atomic E-state index is 0.141. The van der Waals surface area contributed by atoms with Crippen LogP contribution in [0, 0.1) is 13.8 Å². The van der Waals surface area contributed by atoms with Crippen LogP contribution in [0.4, 0.5) is 0 Å². The summed E-state index contributed by atoms with van der Waals surface area (Å²) in [6, 6.07) is 14.4. The first kappa shape index (κ1) is 20.5. The maximum absolute atomic E-state index is 12.5. The summed E-state index contributed by atoms with van der Waals surface area (Å²) in [6.45, 7) is 9.25. The van der Waals surface area contributed by atoms with Crippen molar-refractivity contribution in [3.05, 3.63) is 59.4 Å². The maximum atomic E-state index is 12.5. The van der Waals surface area contributed by atoms with Crippen molar-refractivity contribution in [2.75, 3.05) is 19.7 Å². The number of benzene rings is 2. The molecular formula is C25H31N3O2. The third-order valence-corrected chi connectivity index (χ3v) is 6.17. The lowest BCUT2D eigenvalue weighted by Crippen LogP contribution is -2.26. The summed E-state index contributed by atoms with van der Waals surface area (Å²) in [7, 11) is 0. The summed E-state index contributed by atoms with van der Waals surface area (Å²) in [6.07, 6.45) is 2.70. The van der Waals surface area contributed by atoms with Gasteiger partial charge in [0.05, 0.1) is 17.6 Å². The van der Waals surface area contributed by atoms with E-state index in [1.165, 1.54) is 11.1 Å². The van der Waals surface area contributed by atoms with Crippen molar-refractivity contribution in [2.45, 2.75) is 52.5 Å². The minimum Gasteiger partial charge on any atom is -0.491 e. The van der Waals surface area contributed by atoms with Gasteiger partial charge in [-0.1, -0.05) is 37.6 Å². The first-order chi connectivity index (χ1) is 14.6. The predicted molar refractivity (Wildman–Crippen MR) is 120 cm³/mol. The molecule has 0 radical (unpaired) electrons. The topological polar surface area (TPSA) is 47.4 Å². The van der Waals surface area contributed by atoms with Gasteiger partial charge in [0.2, 0.25) is 5.91 Å². The lowest BCUT2D eigenvalue weighted by atomic mass is 10.1. The Labute approximate surface area is 178 Å². The van der Waals surface area contributed by atoms with E-state index in [0.29, 0.717) is 19.6 Å². The Morgan fingerprint density at radius 2 is 1.93 bits per heavy atom. The lowest BCUT2D eigenvalue weighted by molar-refractivity contribution is -0.127. The van der Waals surface area contributed by atoms with E-state index in [0.717, 1.165) is 48.5 Å². The summed E-state index contributed by atoms with van der Waals surface area (Å²) in [5.74, 6) is 2.33. The molecule has 30 heavy (non-hydrogen) atoms. The molecule has 2 aromatic carbocycles. The number of aryl methyl sites for hydroxylation is 1. The monoisotopic (exact) mass is 405 g/mol. The number of imidazole rings is 1. The number of likely N-dealkylation sites (tertiary alicyclic amines) is 1. The number of carbonyl (C=O) groups excluding carboxylic acids is 1. The molecule has 0 bridgehead atoms. The number of hydrogen-bond donors (Lipinski definition) is 0. The van der Waals surface area contributed by atoms with E-state index in [4.69, 9.17) is 9.72 Å². The van der Waals surface area contributed by atoms with E-state index in [1.54, 1.807) is 0 Å². The molecule has 2 heterocycles. The van der Waals surface area contributed by atoms with E-state index in [9.17, 15) is 4.79 Å². The number of unbranched alkanes of at least 4 members (excludes halogenated alkanes) is 1. The molecule has 0 aliphatic carbocycles. The molecular weight excluding hydrogens is 374 g/mol. The first-order valence-corrected chi connectivity index (χ1v) is 11.0. The fourth-order valence-corrected chi connectivity index (χ4v) is 4.28. The average molecular weight is 406 g/mol. The second-order valence-electron chi connectivity index (χ2n) is 8.25. The van der Waals surface area contributed by atoms with E-state index in [-0.39, 0.29) is 11.8 Å². The van der Waals surface area contributed by atoms with E-state index >= 15 is 0 Å². The van der Waals surface area contributed by atoms with Gasteiger partial charge in [-0.25, -0.2) is 4.98 Å². The van der Waals surface area contributed by atoms with Crippen LogP contribution < -0.4 is 4.74 Å². The molecule has 5 nitrogen and oxygen atoms in total. The zero-order valence-corrected chi connectivity index (χ0v) is 18.2. The molecule has 1 aliphatic heterocycles. The Bertz CT molecular complexity index is 1040. The minimum atomic E-state index is 0.141. The highest BCUT2D eigenvalue weighted by Crippen LogP contribution is 2.30. The number of amides is 1. The Morgan fingerprint density at radius 3 is 2.77 bits per heavy atom. The number of nitrogens with zero attached hydrogens (tertiary/aromatic N) is 3. The van der Waals surface area contributed by atoms with Crippen molar-refractivity contribution in [1.82, 2.24) is 14.5 Å². The smallest absolute Gasteiger partial charge is 0.223 e. The highest BCUT2D eigenvalue weighted by Gasteiger charge is 2.33.